The van der Waals surface area contributed by atoms with Gasteiger partial charge in [0.05, 0.1) is 12.5 Å². The van der Waals surface area contributed by atoms with Crippen molar-refractivity contribution in [1.29, 1.82) is 5.26 Å². The Hall–Kier alpha value is -2.09. The second kappa shape index (κ2) is 8.25. The van der Waals surface area contributed by atoms with Crippen LogP contribution in [-0.2, 0) is 6.42 Å². The number of rotatable bonds is 7. The molecule has 1 aromatic heterocycles. The third-order valence-electron chi connectivity index (χ3n) is 3.24. The molecule has 114 valence electrons. The molecule has 0 aliphatic heterocycles. The number of carbonyl (C=O) groups excluding carboxylic acids is 1. The number of aryl methyl sites for hydroxylation is 1. The molecule has 0 saturated heterocycles. The Morgan fingerprint density at radius 2 is 2.19 bits per heavy atom. The first kappa shape index (κ1) is 17.0. The van der Waals surface area contributed by atoms with E-state index in [0.29, 0.717) is 24.3 Å². The van der Waals surface area contributed by atoms with E-state index in [9.17, 15) is 4.79 Å². The lowest BCUT2D eigenvalue weighted by Gasteiger charge is -2.26. The molecule has 1 rings (SSSR count). The van der Waals surface area contributed by atoms with Gasteiger partial charge in [0, 0.05) is 30.9 Å². The molecule has 5 heteroatoms. The molecule has 1 heterocycles. The molecular weight excluding hydrogens is 264 g/mol. The van der Waals surface area contributed by atoms with E-state index in [1.807, 2.05) is 19.9 Å². The van der Waals surface area contributed by atoms with Gasteiger partial charge in [-0.2, -0.15) is 5.26 Å². The number of nitriles is 1. The van der Waals surface area contributed by atoms with Crippen LogP contribution in [0.1, 0.15) is 49.7 Å². The highest BCUT2D eigenvalue weighted by Crippen LogP contribution is 2.15. The third-order valence-corrected chi connectivity index (χ3v) is 3.24. The molecule has 0 spiro atoms. The summed E-state index contributed by atoms with van der Waals surface area (Å²) in [6.07, 6.45) is 2.17. The van der Waals surface area contributed by atoms with Crippen LogP contribution in [0.5, 0.6) is 0 Å². The standard InChI is InChI=1S/C16H24N4O/c1-5-7-14-10-13(11-15(18-4)19-14)16(21)20(12(2)3)9-6-8-17/h10-12H,5-7,9H2,1-4H3,(H,18,19). The van der Waals surface area contributed by atoms with E-state index < -0.39 is 0 Å². The highest BCUT2D eigenvalue weighted by atomic mass is 16.2. The number of amides is 1. The quantitative estimate of drug-likeness (QED) is 0.837. The summed E-state index contributed by atoms with van der Waals surface area (Å²) in [7, 11) is 1.79. The van der Waals surface area contributed by atoms with Crippen molar-refractivity contribution in [3.05, 3.63) is 23.4 Å². The molecule has 0 bridgehead atoms. The highest BCUT2D eigenvalue weighted by molar-refractivity contribution is 5.95. The van der Waals surface area contributed by atoms with E-state index in [2.05, 4.69) is 23.3 Å². The number of hydrogen-bond donors (Lipinski definition) is 1. The Bertz CT molecular complexity index is 519. The van der Waals surface area contributed by atoms with Crippen LogP contribution in [0.25, 0.3) is 0 Å². The molecule has 0 aliphatic carbocycles. The zero-order chi connectivity index (χ0) is 15.8. The van der Waals surface area contributed by atoms with E-state index in [4.69, 9.17) is 5.26 Å². The average molecular weight is 288 g/mol. The molecule has 1 amide bonds. The van der Waals surface area contributed by atoms with Crippen LogP contribution in [0, 0.1) is 11.3 Å². The number of hydrogen-bond acceptors (Lipinski definition) is 4. The lowest BCUT2D eigenvalue weighted by atomic mass is 10.1. The SMILES string of the molecule is CCCc1cc(C(=O)N(CCC#N)C(C)C)cc(NC)n1. The average Bonchev–Trinajstić information content (AvgIpc) is 2.47. The van der Waals surface area contributed by atoms with Gasteiger partial charge >= 0.3 is 0 Å². The minimum Gasteiger partial charge on any atom is -0.373 e. The van der Waals surface area contributed by atoms with Crippen LogP contribution in [0.15, 0.2) is 12.1 Å². The summed E-state index contributed by atoms with van der Waals surface area (Å²) in [5, 5.41) is 11.7. The molecule has 0 aliphatic rings. The first-order chi connectivity index (χ1) is 10.0. The molecule has 1 N–H and O–H groups in total. The second-order valence-corrected chi connectivity index (χ2v) is 5.23. The number of anilines is 1. The number of pyridine rings is 1. The lowest BCUT2D eigenvalue weighted by Crippen LogP contribution is -2.37. The predicted octanol–water partition coefficient (Wildman–Crippen LogP) is 2.84. The Balaban J connectivity index is 3.08. The van der Waals surface area contributed by atoms with Crippen molar-refractivity contribution in [1.82, 2.24) is 9.88 Å². The van der Waals surface area contributed by atoms with Crippen LogP contribution < -0.4 is 5.32 Å². The fourth-order valence-electron chi connectivity index (χ4n) is 2.15. The minimum absolute atomic E-state index is 0.0449. The summed E-state index contributed by atoms with van der Waals surface area (Å²) in [5.74, 6) is 0.657. The molecular formula is C16H24N4O. The molecule has 0 atom stereocenters. The Morgan fingerprint density at radius 3 is 2.71 bits per heavy atom. The van der Waals surface area contributed by atoms with Gasteiger partial charge < -0.3 is 10.2 Å². The number of carbonyl (C=O) groups is 1. The highest BCUT2D eigenvalue weighted by Gasteiger charge is 2.19. The van der Waals surface area contributed by atoms with E-state index >= 15 is 0 Å². The van der Waals surface area contributed by atoms with Gasteiger partial charge in [0.25, 0.3) is 5.91 Å². The maximum absolute atomic E-state index is 12.7. The molecule has 0 unspecified atom stereocenters. The van der Waals surface area contributed by atoms with Crippen molar-refractivity contribution in [2.45, 2.75) is 46.1 Å². The van der Waals surface area contributed by atoms with Crippen molar-refractivity contribution in [2.24, 2.45) is 0 Å². The fourth-order valence-corrected chi connectivity index (χ4v) is 2.15. The molecule has 0 radical (unpaired) electrons. The molecule has 0 fully saturated rings. The predicted molar refractivity (Wildman–Crippen MR) is 84.2 cm³/mol. The van der Waals surface area contributed by atoms with E-state index in [-0.39, 0.29) is 11.9 Å². The van der Waals surface area contributed by atoms with Gasteiger partial charge in [-0.15, -0.1) is 0 Å². The first-order valence-corrected chi connectivity index (χ1v) is 7.40. The van der Waals surface area contributed by atoms with Crippen LogP contribution in [0.4, 0.5) is 5.82 Å². The van der Waals surface area contributed by atoms with Gasteiger partial charge in [0.1, 0.15) is 5.82 Å². The van der Waals surface area contributed by atoms with Crippen molar-refractivity contribution < 1.29 is 4.79 Å². The van der Waals surface area contributed by atoms with E-state index in [1.54, 1.807) is 18.0 Å². The number of nitrogens with zero attached hydrogens (tertiary/aromatic N) is 3. The zero-order valence-electron chi connectivity index (χ0n) is 13.3. The van der Waals surface area contributed by atoms with Crippen molar-refractivity contribution >= 4 is 11.7 Å². The van der Waals surface area contributed by atoms with E-state index in [0.717, 1.165) is 18.5 Å². The van der Waals surface area contributed by atoms with Gasteiger partial charge in [0.2, 0.25) is 0 Å². The normalized spacial score (nSPS) is 10.3. The number of nitrogens with one attached hydrogen (secondary N) is 1. The van der Waals surface area contributed by atoms with Gasteiger partial charge in [-0.3, -0.25) is 4.79 Å². The van der Waals surface area contributed by atoms with Crippen LogP contribution >= 0.6 is 0 Å². The monoisotopic (exact) mass is 288 g/mol. The maximum Gasteiger partial charge on any atom is 0.254 e. The smallest absolute Gasteiger partial charge is 0.254 e. The molecule has 5 nitrogen and oxygen atoms in total. The Kier molecular flexibility index (Phi) is 6.67. The van der Waals surface area contributed by atoms with Gasteiger partial charge in [-0.25, -0.2) is 4.98 Å². The molecule has 1 aromatic rings. The van der Waals surface area contributed by atoms with Gasteiger partial charge in [-0.05, 0) is 32.4 Å². The first-order valence-electron chi connectivity index (χ1n) is 7.40. The summed E-state index contributed by atoms with van der Waals surface area (Å²) in [5.41, 5.74) is 1.54. The van der Waals surface area contributed by atoms with Gasteiger partial charge in [0.15, 0.2) is 0 Å². The third kappa shape index (κ3) is 4.75. The molecule has 0 saturated carbocycles. The van der Waals surface area contributed by atoms with Crippen molar-refractivity contribution in [3.63, 3.8) is 0 Å². The fraction of sp³-hybridized carbons (Fsp3) is 0.562. The minimum atomic E-state index is -0.0449. The second-order valence-electron chi connectivity index (χ2n) is 5.23. The van der Waals surface area contributed by atoms with Crippen molar-refractivity contribution in [2.75, 3.05) is 18.9 Å². The Labute approximate surface area is 127 Å². The summed E-state index contributed by atoms with van der Waals surface area (Å²) >= 11 is 0. The van der Waals surface area contributed by atoms with Gasteiger partial charge in [-0.1, -0.05) is 13.3 Å². The summed E-state index contributed by atoms with van der Waals surface area (Å²) in [4.78, 5) is 18.9. The number of aromatic nitrogens is 1. The summed E-state index contributed by atoms with van der Waals surface area (Å²) in [6, 6.07) is 5.78. The van der Waals surface area contributed by atoms with Crippen LogP contribution in [-0.4, -0.2) is 35.4 Å². The van der Waals surface area contributed by atoms with Crippen LogP contribution in [0.2, 0.25) is 0 Å². The lowest BCUT2D eigenvalue weighted by molar-refractivity contribution is 0.0710. The van der Waals surface area contributed by atoms with E-state index in [1.165, 1.54) is 0 Å². The summed E-state index contributed by atoms with van der Waals surface area (Å²) in [6.45, 7) is 6.46. The van der Waals surface area contributed by atoms with Crippen molar-refractivity contribution in [3.8, 4) is 6.07 Å². The molecule has 21 heavy (non-hydrogen) atoms. The largest absolute Gasteiger partial charge is 0.373 e. The Morgan fingerprint density at radius 1 is 1.48 bits per heavy atom. The topological polar surface area (TPSA) is 69.0 Å². The maximum atomic E-state index is 12.7. The molecule has 0 aromatic carbocycles. The zero-order valence-corrected chi connectivity index (χ0v) is 13.3. The summed E-state index contributed by atoms with van der Waals surface area (Å²) < 4.78 is 0. The van der Waals surface area contributed by atoms with Crippen LogP contribution in [0.3, 0.4) is 0 Å².